The van der Waals surface area contributed by atoms with Crippen molar-refractivity contribution >= 4 is 76.9 Å². The third-order valence-corrected chi connectivity index (χ3v) is 18.4. The summed E-state index contributed by atoms with van der Waals surface area (Å²) in [7, 11) is 0. The Hall–Kier alpha value is -9.40. The molecule has 1 aromatic heterocycles. The second-order valence-electron chi connectivity index (χ2n) is 25.4. The minimum absolute atomic E-state index is 0.00989. The first-order valence-electron chi connectivity index (χ1n) is 34.1. The van der Waals surface area contributed by atoms with Crippen molar-refractivity contribution in [1.82, 2.24) is 73.5 Å². The number of guanidine groups is 1. The number of phenolic OH excluding ortho intramolecular Hbond substituents is 1. The minimum atomic E-state index is -1.41. The first-order chi connectivity index (χ1) is 48.2. The summed E-state index contributed by atoms with van der Waals surface area (Å²) in [5, 5.41) is 57.6. The molecule has 32 heteroatoms. The number of nitrogens with zero attached hydrogens (tertiary/aromatic N) is 3. The summed E-state index contributed by atoms with van der Waals surface area (Å²) in [6.45, 7) is 4.61. The van der Waals surface area contributed by atoms with E-state index in [1.54, 1.807) is 79.0 Å². The van der Waals surface area contributed by atoms with Gasteiger partial charge in [-0.15, -0.1) is 5.10 Å². The van der Waals surface area contributed by atoms with E-state index in [-0.39, 0.29) is 145 Å². The third kappa shape index (κ3) is 27.4. The first-order valence-corrected chi connectivity index (χ1v) is 35.1. The van der Waals surface area contributed by atoms with Crippen molar-refractivity contribution in [1.29, 1.82) is 5.41 Å². The van der Waals surface area contributed by atoms with E-state index in [2.05, 4.69) is 68.8 Å². The number of aromatic nitrogens is 3. The van der Waals surface area contributed by atoms with Gasteiger partial charge in [-0.1, -0.05) is 98.3 Å². The van der Waals surface area contributed by atoms with Crippen LogP contribution in [-0.4, -0.2) is 203 Å². The van der Waals surface area contributed by atoms with Crippen LogP contribution in [0.3, 0.4) is 0 Å². The molecule has 0 radical (unpaired) electrons. The summed E-state index contributed by atoms with van der Waals surface area (Å²) in [4.78, 5) is 139. The van der Waals surface area contributed by atoms with Crippen molar-refractivity contribution in [3.63, 3.8) is 0 Å². The van der Waals surface area contributed by atoms with Crippen LogP contribution in [0.15, 0.2) is 91.1 Å². The van der Waals surface area contributed by atoms with Gasteiger partial charge in [0, 0.05) is 68.9 Å². The van der Waals surface area contributed by atoms with Gasteiger partial charge >= 0.3 is 6.03 Å². The van der Waals surface area contributed by atoms with Crippen molar-refractivity contribution in [3.05, 3.63) is 114 Å². The predicted octanol–water partition coefficient (Wildman–Crippen LogP) is -0.482. The van der Waals surface area contributed by atoms with Gasteiger partial charge in [-0.3, -0.25) is 53.2 Å². The number of urea groups is 1. The molecule has 0 spiro atoms. The minimum Gasteiger partial charge on any atom is -0.508 e. The number of phenols is 1. The largest absolute Gasteiger partial charge is 0.508 e. The highest BCUT2D eigenvalue weighted by molar-refractivity contribution is 8.00. The van der Waals surface area contributed by atoms with Gasteiger partial charge in [0.05, 0.1) is 50.8 Å². The highest BCUT2D eigenvalue weighted by Gasteiger charge is 2.43. The molecule has 31 nitrogen and oxygen atoms in total. The fraction of sp³-hybridized carbons (Fsp3) is 0.544. The van der Waals surface area contributed by atoms with E-state index in [0.29, 0.717) is 47.7 Å². The van der Waals surface area contributed by atoms with E-state index < -0.39 is 96.2 Å². The second-order valence-corrected chi connectivity index (χ2v) is 26.7. The molecule has 3 aromatic carbocycles. The number of thioether (sulfide) groups is 1. The number of aromatic hydroxyl groups is 1. The van der Waals surface area contributed by atoms with Gasteiger partial charge in [0.15, 0.2) is 5.96 Å². The lowest BCUT2D eigenvalue weighted by Crippen LogP contribution is -2.61. The van der Waals surface area contributed by atoms with Crippen LogP contribution in [0.25, 0.3) is 0 Å². The zero-order chi connectivity index (χ0) is 71.8. The SMILES string of the molecule is CC(C)C[C@H]1NC(=O)[C@@H](CCCNC(=N)N)NC(=O)[C@@H](Cc2ccccc2)NC(=O)[C@@H](Cc2ccccc2)NC(=O)[C@@H](NC(=O)COCCOCCOCCNC(=O)CCCC[C@H]2SC[C@H]3NC(=O)N[C@H]32)Cc2cn(nn2)CCCC[C@@H](C(N)=O)NC(=O)[C@@H](Cc2ccc(O)cc2)NC1=O. The summed E-state index contributed by atoms with van der Waals surface area (Å²) in [5.74, 6) is -6.09. The van der Waals surface area contributed by atoms with Gasteiger partial charge in [-0.2, -0.15) is 11.8 Å². The molecule has 3 aliphatic heterocycles. The molecule has 2 bridgehead atoms. The van der Waals surface area contributed by atoms with E-state index >= 15 is 0 Å². The van der Waals surface area contributed by atoms with E-state index in [4.69, 9.17) is 31.1 Å². The summed E-state index contributed by atoms with van der Waals surface area (Å²) in [6, 6.07) is 14.2. The molecule has 0 saturated carbocycles. The maximum Gasteiger partial charge on any atom is 0.315 e. The zero-order valence-corrected chi connectivity index (χ0v) is 57.5. The molecule has 0 aliphatic carbocycles. The fourth-order valence-corrected chi connectivity index (χ4v) is 13.2. The summed E-state index contributed by atoms with van der Waals surface area (Å²) in [5.41, 5.74) is 13.5. The summed E-state index contributed by atoms with van der Waals surface area (Å²) >= 11 is 1.85. The number of rotatable bonds is 30. The molecular weight excluding hydrogens is 1310 g/mol. The zero-order valence-electron chi connectivity index (χ0n) is 56.6. The Bertz CT molecular complexity index is 3330. The molecule has 544 valence electrons. The second kappa shape index (κ2) is 41.2. The molecule has 4 aromatic rings. The molecule has 2 fully saturated rings. The number of ether oxygens (including phenoxy) is 3. The van der Waals surface area contributed by atoms with Crippen LogP contribution in [0.5, 0.6) is 5.75 Å². The number of primary amides is 1. The average molecular weight is 1410 g/mol. The molecule has 17 N–H and O–H groups in total. The lowest BCUT2D eigenvalue weighted by molar-refractivity contribution is -0.136. The van der Waals surface area contributed by atoms with E-state index in [1.807, 2.05) is 25.6 Å². The number of hydrogen-bond acceptors (Lipinski definition) is 18. The standard InChI is InChI=1S/C68H97N17O14S/c1-42(2)34-50-62(91)78-53(37-45-22-24-47(86)25-23-45)63(92)75-48(60(69)89)18-11-12-28-85-39-46(83-84-85)38-54(74-58(88)40-99-33-32-98-31-30-97-29-27-72-57(87)21-10-9-20-56-59-55(41-100-56)81-68(96)82-59)66(95)80-52(36-44-16-7-4-8-17-44)65(94)79-51(35-43-14-5-3-6-15-43)64(93)76-49(61(90)77-50)19-13-26-73-67(70)71/h3-8,14-17,22-25,39,42,48-56,59,86H,9-13,18-21,26-38,40-41H2,1-2H3,(H2,69,89)(H,72,87)(H,74,88)(H,75,92)(H,76,93)(H,77,90)(H,78,91)(H,79,94)(H,80,95)(H4,70,71,73)(H2,81,82,96)/t48-,49+,50+,51+,52+,53+,54-,55+,56+,59+/m0/s1. The number of fused-ring (bicyclic) bond motifs is 3. The Kier molecular flexibility index (Phi) is 32.1. The number of amides is 11. The number of carbonyl (C=O) groups is 10. The maximum atomic E-state index is 15.0. The van der Waals surface area contributed by atoms with Gasteiger partial charge in [-0.05, 0) is 86.1 Å². The maximum absolute atomic E-state index is 15.0. The smallest absolute Gasteiger partial charge is 0.315 e. The lowest BCUT2D eigenvalue weighted by atomic mass is 9.99. The highest BCUT2D eigenvalue weighted by atomic mass is 32.2. The van der Waals surface area contributed by atoms with Gasteiger partial charge in [0.2, 0.25) is 53.2 Å². The number of carbonyl (C=O) groups excluding carboxylic acids is 10. The Balaban J connectivity index is 1.05. The Labute approximate surface area is 585 Å². The fourth-order valence-electron chi connectivity index (χ4n) is 11.7. The van der Waals surface area contributed by atoms with Gasteiger partial charge in [0.1, 0.15) is 54.6 Å². The molecular formula is C68H97N17O14S. The van der Waals surface area contributed by atoms with Gasteiger partial charge in [-0.25, -0.2) is 4.79 Å². The van der Waals surface area contributed by atoms with E-state index in [9.17, 15) is 53.1 Å². The predicted molar refractivity (Wildman–Crippen MR) is 370 cm³/mol. The van der Waals surface area contributed by atoms with Crippen molar-refractivity contribution in [2.75, 3.05) is 58.5 Å². The Morgan fingerprint density at radius 1 is 0.630 bits per heavy atom. The van der Waals surface area contributed by atoms with Crippen LogP contribution >= 0.6 is 11.8 Å². The van der Waals surface area contributed by atoms with Crippen LogP contribution in [0.2, 0.25) is 0 Å². The topological polar surface area (TPSA) is 458 Å². The van der Waals surface area contributed by atoms with Crippen molar-refractivity contribution in [2.45, 2.75) is 170 Å². The molecule has 11 amide bonds. The first kappa shape index (κ1) is 77.9. The number of nitrogens with one attached hydrogen (secondary N) is 12. The summed E-state index contributed by atoms with van der Waals surface area (Å²) in [6.07, 6.45) is 4.90. The van der Waals surface area contributed by atoms with Crippen LogP contribution < -0.4 is 70.0 Å². The van der Waals surface area contributed by atoms with Crippen molar-refractivity contribution in [3.8, 4) is 5.75 Å². The molecule has 0 unspecified atom stereocenters. The van der Waals surface area contributed by atoms with Gasteiger partial charge in [0.25, 0.3) is 0 Å². The molecule has 10 atom stereocenters. The molecule has 100 heavy (non-hydrogen) atoms. The number of hydrogen-bond donors (Lipinski definition) is 15. The van der Waals surface area contributed by atoms with Crippen molar-refractivity contribution in [2.24, 2.45) is 17.4 Å². The van der Waals surface area contributed by atoms with Gasteiger partial charge < -0.3 is 89.3 Å². The van der Waals surface area contributed by atoms with E-state index in [0.717, 1.165) is 25.0 Å². The van der Waals surface area contributed by atoms with Crippen molar-refractivity contribution < 1.29 is 67.3 Å². The molecule has 2 saturated heterocycles. The third-order valence-electron chi connectivity index (χ3n) is 16.9. The molecule has 4 heterocycles. The number of unbranched alkanes of at least 4 members (excludes halogenated alkanes) is 1. The quantitative estimate of drug-likeness (QED) is 0.0136. The number of aryl methyl sites for hydroxylation is 1. The average Bonchev–Trinajstić information content (AvgIpc) is 1.66. The Morgan fingerprint density at radius 3 is 1.83 bits per heavy atom. The molecule has 3 aliphatic rings. The lowest BCUT2D eigenvalue weighted by Gasteiger charge is -2.28. The number of nitrogens with two attached hydrogens (primary N) is 2. The number of benzene rings is 3. The summed E-state index contributed by atoms with van der Waals surface area (Å²) < 4.78 is 18.4. The Morgan fingerprint density at radius 2 is 1.20 bits per heavy atom. The van der Waals surface area contributed by atoms with Crippen LogP contribution in [0.1, 0.15) is 100 Å². The molecule has 7 rings (SSSR count). The van der Waals surface area contributed by atoms with Crippen LogP contribution in [0, 0.1) is 11.3 Å². The highest BCUT2D eigenvalue weighted by Crippen LogP contribution is 2.33. The van der Waals surface area contributed by atoms with Crippen LogP contribution in [-0.2, 0) is 89.6 Å². The van der Waals surface area contributed by atoms with E-state index in [1.165, 1.54) is 16.8 Å². The normalized spacial score (nSPS) is 22.8. The monoisotopic (exact) mass is 1410 g/mol. The van der Waals surface area contributed by atoms with Crippen LogP contribution in [0.4, 0.5) is 4.79 Å².